The van der Waals surface area contributed by atoms with Gasteiger partial charge in [-0.3, -0.25) is 4.79 Å². The minimum Gasteiger partial charge on any atom is -0.480 e. The lowest BCUT2D eigenvalue weighted by molar-refractivity contribution is -0.140. The summed E-state index contributed by atoms with van der Waals surface area (Å²) in [6.07, 6.45) is 0. The molecule has 29 heavy (non-hydrogen) atoms. The Labute approximate surface area is 166 Å². The average Bonchev–Trinajstić information content (AvgIpc) is 3.16. The summed E-state index contributed by atoms with van der Waals surface area (Å²) in [5.41, 5.74) is 1.03. The molecule has 2 N–H and O–H groups in total. The second-order valence-corrected chi connectivity index (χ2v) is 8.30. The van der Waals surface area contributed by atoms with E-state index in [1.165, 1.54) is 53.3 Å². The average molecular weight is 419 g/mol. The zero-order valence-corrected chi connectivity index (χ0v) is 16.3. The molecule has 1 aromatic heterocycles. The van der Waals surface area contributed by atoms with Gasteiger partial charge in [-0.2, -0.15) is 4.72 Å². The fourth-order valence-electron chi connectivity index (χ4n) is 2.50. The van der Waals surface area contributed by atoms with E-state index in [2.05, 4.69) is 20.1 Å². The smallest absolute Gasteiger partial charge is 0.322 e. The molecule has 3 rings (SSSR count). The summed E-state index contributed by atoms with van der Waals surface area (Å²) >= 11 is 0. The Morgan fingerprint density at radius 1 is 1.10 bits per heavy atom. The van der Waals surface area contributed by atoms with Crippen molar-refractivity contribution in [1.29, 1.82) is 0 Å². The van der Waals surface area contributed by atoms with Crippen LogP contribution >= 0.6 is 0 Å². The Hall–Kier alpha value is -3.18. The van der Waals surface area contributed by atoms with Crippen LogP contribution < -0.4 is 4.72 Å². The van der Waals surface area contributed by atoms with Crippen molar-refractivity contribution in [2.24, 2.45) is 5.92 Å². The number of hydrogen-bond acceptors (Lipinski definition) is 6. The molecule has 1 heterocycles. The molecule has 9 nitrogen and oxygen atoms in total. The maximum atomic E-state index is 13.0. The highest BCUT2D eigenvalue weighted by Crippen LogP contribution is 2.19. The molecule has 152 valence electrons. The predicted molar refractivity (Wildman–Crippen MR) is 101 cm³/mol. The van der Waals surface area contributed by atoms with Gasteiger partial charge in [-0.25, -0.2) is 12.8 Å². The van der Waals surface area contributed by atoms with E-state index in [-0.39, 0.29) is 16.5 Å². The number of rotatable bonds is 7. The largest absolute Gasteiger partial charge is 0.480 e. The number of aliphatic carboxylic acids is 1. The maximum Gasteiger partial charge on any atom is 0.322 e. The highest BCUT2D eigenvalue weighted by Gasteiger charge is 2.28. The number of nitrogens with one attached hydrogen (secondary N) is 1. The fourth-order valence-corrected chi connectivity index (χ4v) is 3.84. The lowest BCUT2D eigenvalue weighted by Crippen LogP contribution is -2.44. The Bertz CT molecular complexity index is 1110. The van der Waals surface area contributed by atoms with Gasteiger partial charge in [0.15, 0.2) is 0 Å². The van der Waals surface area contributed by atoms with Crippen LogP contribution in [0.15, 0.2) is 53.4 Å². The molecule has 0 aliphatic carbocycles. The molecule has 0 saturated carbocycles. The summed E-state index contributed by atoms with van der Waals surface area (Å²) in [5.74, 6) is -1.81. The SMILES string of the molecule is CC(C)C(NS(=O)(=O)c1ccc(-c2nnn(-c3ccc(F)cc3)n2)cc1)C(=O)O. The number of sulfonamides is 1. The van der Waals surface area contributed by atoms with E-state index in [4.69, 9.17) is 0 Å². The van der Waals surface area contributed by atoms with Gasteiger partial charge in [0.2, 0.25) is 15.8 Å². The van der Waals surface area contributed by atoms with Gasteiger partial charge in [-0.15, -0.1) is 15.0 Å². The summed E-state index contributed by atoms with van der Waals surface area (Å²) in [4.78, 5) is 12.4. The van der Waals surface area contributed by atoms with Crippen LogP contribution in [0.2, 0.25) is 0 Å². The molecule has 11 heteroatoms. The van der Waals surface area contributed by atoms with Crippen LogP contribution in [0.5, 0.6) is 0 Å². The van der Waals surface area contributed by atoms with Crippen molar-refractivity contribution in [3.05, 3.63) is 54.3 Å². The molecule has 0 spiro atoms. The molecular formula is C18H18FN5O4S. The highest BCUT2D eigenvalue weighted by atomic mass is 32.2. The van der Waals surface area contributed by atoms with Crippen LogP contribution in [0, 0.1) is 11.7 Å². The second-order valence-electron chi connectivity index (χ2n) is 6.58. The Morgan fingerprint density at radius 2 is 1.72 bits per heavy atom. The minimum atomic E-state index is -4.02. The van der Waals surface area contributed by atoms with Crippen LogP contribution in [-0.4, -0.2) is 45.7 Å². The van der Waals surface area contributed by atoms with E-state index in [1.54, 1.807) is 13.8 Å². The fraction of sp³-hybridized carbons (Fsp3) is 0.222. The van der Waals surface area contributed by atoms with E-state index in [1.807, 2.05) is 0 Å². The van der Waals surface area contributed by atoms with Crippen molar-refractivity contribution in [3.63, 3.8) is 0 Å². The molecular weight excluding hydrogens is 401 g/mol. The van der Waals surface area contributed by atoms with Crippen LogP contribution in [0.4, 0.5) is 4.39 Å². The normalized spacial score (nSPS) is 12.8. The number of carbonyl (C=O) groups is 1. The molecule has 1 unspecified atom stereocenters. The summed E-state index contributed by atoms with van der Waals surface area (Å²) in [5, 5.41) is 21.2. The van der Waals surface area contributed by atoms with E-state index < -0.39 is 28.0 Å². The molecule has 0 radical (unpaired) electrons. The molecule has 0 fully saturated rings. The van der Waals surface area contributed by atoms with Crippen LogP contribution in [0.3, 0.4) is 0 Å². The predicted octanol–water partition coefficient (Wildman–Crippen LogP) is 1.86. The van der Waals surface area contributed by atoms with Gasteiger partial charge in [-0.05, 0) is 59.7 Å². The van der Waals surface area contributed by atoms with Crippen molar-refractivity contribution < 1.29 is 22.7 Å². The van der Waals surface area contributed by atoms with Gasteiger partial charge >= 0.3 is 5.97 Å². The first-order valence-corrected chi connectivity index (χ1v) is 10.1. The molecule has 1 atom stereocenters. The zero-order chi connectivity index (χ0) is 21.2. The maximum absolute atomic E-state index is 13.0. The number of benzene rings is 2. The first-order valence-electron chi connectivity index (χ1n) is 8.59. The van der Waals surface area contributed by atoms with Crippen LogP contribution in [0.25, 0.3) is 17.1 Å². The monoisotopic (exact) mass is 419 g/mol. The van der Waals surface area contributed by atoms with E-state index in [0.29, 0.717) is 11.3 Å². The lowest BCUT2D eigenvalue weighted by Gasteiger charge is -2.18. The van der Waals surface area contributed by atoms with Gasteiger partial charge in [0.25, 0.3) is 0 Å². The van der Waals surface area contributed by atoms with Gasteiger partial charge < -0.3 is 5.11 Å². The molecule has 0 bridgehead atoms. The third-order valence-corrected chi connectivity index (χ3v) is 5.57. The second kappa shape index (κ2) is 8.05. The van der Waals surface area contributed by atoms with Gasteiger partial charge in [0, 0.05) is 5.56 Å². The van der Waals surface area contributed by atoms with E-state index in [0.717, 1.165) is 0 Å². The molecule has 2 aromatic carbocycles. The summed E-state index contributed by atoms with van der Waals surface area (Å²) < 4.78 is 40.1. The third kappa shape index (κ3) is 4.63. The summed E-state index contributed by atoms with van der Waals surface area (Å²) in [7, 11) is -4.02. The Morgan fingerprint density at radius 3 is 2.28 bits per heavy atom. The number of halogens is 1. The summed E-state index contributed by atoms with van der Waals surface area (Å²) in [6, 6.07) is 9.93. The van der Waals surface area contributed by atoms with Crippen molar-refractivity contribution in [1.82, 2.24) is 24.9 Å². The molecule has 0 amide bonds. The van der Waals surface area contributed by atoms with E-state index in [9.17, 15) is 22.7 Å². The number of carboxylic acids is 1. The first kappa shape index (κ1) is 20.6. The van der Waals surface area contributed by atoms with E-state index >= 15 is 0 Å². The number of aromatic nitrogens is 4. The molecule has 0 aliphatic heterocycles. The molecule has 0 aliphatic rings. The molecule has 3 aromatic rings. The Kier molecular flexibility index (Phi) is 5.71. The van der Waals surface area contributed by atoms with Gasteiger partial charge in [0.05, 0.1) is 10.6 Å². The van der Waals surface area contributed by atoms with Crippen molar-refractivity contribution in [2.75, 3.05) is 0 Å². The topological polar surface area (TPSA) is 127 Å². The first-order chi connectivity index (χ1) is 13.7. The lowest BCUT2D eigenvalue weighted by atomic mass is 10.1. The highest BCUT2D eigenvalue weighted by molar-refractivity contribution is 7.89. The number of nitrogens with zero attached hydrogens (tertiary/aromatic N) is 4. The minimum absolute atomic E-state index is 0.0842. The number of carboxylic acid groups (broad SMARTS) is 1. The molecule has 0 saturated heterocycles. The van der Waals surface area contributed by atoms with Crippen molar-refractivity contribution in [2.45, 2.75) is 24.8 Å². The summed E-state index contributed by atoms with van der Waals surface area (Å²) in [6.45, 7) is 3.22. The van der Waals surface area contributed by atoms with Crippen LogP contribution in [-0.2, 0) is 14.8 Å². The quantitative estimate of drug-likeness (QED) is 0.598. The standard InChI is InChI=1S/C18H18FN5O4S/c1-11(2)16(18(25)26)22-29(27,28)15-9-3-12(4-10-15)17-20-23-24(21-17)14-7-5-13(19)6-8-14/h3-11,16,22H,1-2H3,(H,25,26). The van der Waals surface area contributed by atoms with Gasteiger partial charge in [0.1, 0.15) is 11.9 Å². The zero-order valence-electron chi connectivity index (χ0n) is 15.5. The third-order valence-electron chi connectivity index (χ3n) is 4.11. The van der Waals surface area contributed by atoms with Crippen molar-refractivity contribution >= 4 is 16.0 Å². The van der Waals surface area contributed by atoms with Crippen LogP contribution in [0.1, 0.15) is 13.8 Å². The van der Waals surface area contributed by atoms with Gasteiger partial charge in [-0.1, -0.05) is 13.8 Å². The van der Waals surface area contributed by atoms with Crippen molar-refractivity contribution in [3.8, 4) is 17.1 Å². The number of tetrazole rings is 1. The number of hydrogen-bond donors (Lipinski definition) is 2. The Balaban J connectivity index is 1.81.